The van der Waals surface area contributed by atoms with E-state index in [0.717, 1.165) is 28.3 Å². The molecule has 0 atom stereocenters. The molecule has 0 radical (unpaired) electrons. The molecule has 3 rings (SSSR count). The van der Waals surface area contributed by atoms with Gasteiger partial charge in [-0.05, 0) is 35.6 Å². The van der Waals surface area contributed by atoms with E-state index in [1.807, 2.05) is 55.5 Å². The molecule has 0 unspecified atom stereocenters. The second-order valence-electron chi connectivity index (χ2n) is 7.31. The molecule has 0 amide bonds. The quantitative estimate of drug-likeness (QED) is 0.720. The highest BCUT2D eigenvalue weighted by molar-refractivity contribution is 7.03. The Balaban J connectivity index is 1.97. The van der Waals surface area contributed by atoms with Gasteiger partial charge in [0.05, 0.1) is 12.2 Å². The Bertz CT molecular complexity index is 1000. The highest BCUT2D eigenvalue weighted by Crippen LogP contribution is 2.23. The minimum absolute atomic E-state index is 0.0493. The van der Waals surface area contributed by atoms with Crippen LogP contribution in [0.1, 0.15) is 37.5 Å². The van der Waals surface area contributed by atoms with Crippen LogP contribution in [0.4, 0.5) is 0 Å². The molecule has 0 aliphatic heterocycles. The van der Waals surface area contributed by atoms with Crippen LogP contribution >= 0.6 is 11.5 Å². The largest absolute Gasteiger partial charge is 0.346 e. The second kappa shape index (κ2) is 6.48. The van der Waals surface area contributed by atoms with Crippen molar-refractivity contribution >= 4 is 11.5 Å². The van der Waals surface area contributed by atoms with Crippen LogP contribution in [-0.4, -0.2) is 8.52 Å². The minimum Gasteiger partial charge on any atom is -0.255 e. The summed E-state index contributed by atoms with van der Waals surface area (Å²) in [5.41, 5.74) is 3.73. The first kappa shape index (κ1) is 17.4. The number of hydrogen-bond acceptors (Lipinski definition) is 3. The van der Waals surface area contributed by atoms with Crippen molar-refractivity contribution in [2.24, 2.45) is 0 Å². The van der Waals surface area contributed by atoms with Crippen LogP contribution in [0.2, 0.25) is 0 Å². The maximum absolute atomic E-state index is 12.7. The van der Waals surface area contributed by atoms with Gasteiger partial charge in [-0.15, -0.1) is 0 Å². The molecule has 0 N–H and O–H groups in total. The topological polar surface area (TPSA) is 44.0 Å². The highest BCUT2D eigenvalue weighted by atomic mass is 32.1. The zero-order chi connectivity index (χ0) is 18.2. The maximum atomic E-state index is 12.7. The lowest BCUT2D eigenvalue weighted by Gasteiger charge is -2.18. The lowest BCUT2D eigenvalue weighted by Crippen LogP contribution is -2.28. The van der Waals surface area contributed by atoms with Crippen LogP contribution in [0, 0.1) is 6.92 Å². The summed E-state index contributed by atoms with van der Waals surface area (Å²) < 4.78 is 2.75. The summed E-state index contributed by atoms with van der Waals surface area (Å²) >= 11 is 0.942. The van der Waals surface area contributed by atoms with E-state index >= 15 is 0 Å². The molecule has 0 aliphatic carbocycles. The van der Waals surface area contributed by atoms with Gasteiger partial charge in [0.1, 0.15) is 0 Å². The Kier molecular flexibility index (Phi) is 4.52. The Morgan fingerprint density at radius 3 is 2.28 bits per heavy atom. The van der Waals surface area contributed by atoms with Crippen molar-refractivity contribution in [3.63, 3.8) is 0 Å². The summed E-state index contributed by atoms with van der Waals surface area (Å²) in [6, 6.07) is 15.7. The molecule has 4 nitrogen and oxygen atoms in total. The van der Waals surface area contributed by atoms with Crippen molar-refractivity contribution in [2.75, 3.05) is 0 Å². The van der Waals surface area contributed by atoms with Crippen molar-refractivity contribution < 1.29 is 0 Å². The van der Waals surface area contributed by atoms with Crippen LogP contribution in [0.3, 0.4) is 0 Å². The first-order chi connectivity index (χ1) is 11.8. The molecule has 5 heteroatoms. The molecule has 3 aromatic rings. The van der Waals surface area contributed by atoms with Gasteiger partial charge in [-0.2, -0.15) is 0 Å². The third kappa shape index (κ3) is 3.66. The number of benzene rings is 2. The first-order valence-electron chi connectivity index (χ1n) is 8.25. The monoisotopic (exact) mass is 354 g/mol. The maximum Gasteiger partial charge on any atom is 0.346 e. The Morgan fingerprint density at radius 2 is 1.68 bits per heavy atom. The van der Waals surface area contributed by atoms with Crippen LogP contribution in [0.5, 0.6) is 0 Å². The molecule has 2 aromatic carbocycles. The van der Waals surface area contributed by atoms with E-state index in [-0.39, 0.29) is 16.0 Å². The highest BCUT2D eigenvalue weighted by Gasteiger charge is 2.15. The molecular formula is C20H22N2O2S. The lowest BCUT2D eigenvalue weighted by molar-refractivity contribution is 0.590. The summed E-state index contributed by atoms with van der Waals surface area (Å²) in [6.45, 7) is 8.72. The van der Waals surface area contributed by atoms with Gasteiger partial charge >= 0.3 is 10.6 Å². The fourth-order valence-corrected chi connectivity index (χ4v) is 3.54. The SMILES string of the molecule is Cc1cccc(Cn2c(=O)sn(-c3ccc(C(C)(C)C)cc3)c2=O)c1. The van der Waals surface area contributed by atoms with Crippen LogP contribution in [-0.2, 0) is 12.0 Å². The van der Waals surface area contributed by atoms with Crippen LogP contribution in [0.25, 0.3) is 5.69 Å². The Labute approximate surface area is 151 Å². The van der Waals surface area contributed by atoms with Gasteiger partial charge in [0.25, 0.3) is 0 Å². The average molecular weight is 354 g/mol. The fourth-order valence-electron chi connectivity index (χ4n) is 2.74. The fraction of sp³-hybridized carbons (Fsp3) is 0.300. The van der Waals surface area contributed by atoms with Gasteiger partial charge in [-0.1, -0.05) is 62.7 Å². The van der Waals surface area contributed by atoms with E-state index in [0.29, 0.717) is 6.54 Å². The number of aryl methyl sites for hydroxylation is 1. The van der Waals surface area contributed by atoms with Gasteiger partial charge in [-0.25, -0.2) is 13.3 Å². The van der Waals surface area contributed by atoms with E-state index in [2.05, 4.69) is 20.8 Å². The van der Waals surface area contributed by atoms with E-state index in [4.69, 9.17) is 0 Å². The molecule has 0 spiro atoms. The number of hydrogen-bond donors (Lipinski definition) is 0. The molecule has 130 valence electrons. The molecule has 1 heterocycles. The van der Waals surface area contributed by atoms with Crippen molar-refractivity contribution in [3.8, 4) is 5.69 Å². The zero-order valence-electron chi connectivity index (χ0n) is 14.9. The van der Waals surface area contributed by atoms with Gasteiger partial charge in [0, 0.05) is 11.5 Å². The summed E-state index contributed by atoms with van der Waals surface area (Å²) in [5, 5.41) is 0. The predicted molar refractivity (Wildman–Crippen MR) is 103 cm³/mol. The van der Waals surface area contributed by atoms with Gasteiger partial charge in [0.2, 0.25) is 0 Å². The van der Waals surface area contributed by atoms with Crippen LogP contribution in [0.15, 0.2) is 58.1 Å². The molecule has 0 saturated heterocycles. The van der Waals surface area contributed by atoms with Crippen molar-refractivity contribution in [1.29, 1.82) is 0 Å². The van der Waals surface area contributed by atoms with Gasteiger partial charge in [0.15, 0.2) is 0 Å². The average Bonchev–Trinajstić information content (AvgIpc) is 2.82. The lowest BCUT2D eigenvalue weighted by atomic mass is 9.87. The molecule has 0 saturated carbocycles. The molecule has 0 fully saturated rings. The van der Waals surface area contributed by atoms with Crippen molar-refractivity contribution in [3.05, 3.63) is 85.4 Å². The number of aromatic nitrogens is 2. The summed E-state index contributed by atoms with van der Waals surface area (Å²) in [7, 11) is 0. The van der Waals surface area contributed by atoms with Crippen molar-refractivity contribution in [1.82, 2.24) is 8.52 Å². The molecule has 1 aromatic heterocycles. The molecule has 25 heavy (non-hydrogen) atoms. The minimum atomic E-state index is -0.292. The normalized spacial score (nSPS) is 11.7. The summed E-state index contributed by atoms with van der Waals surface area (Å²) in [4.78, 5) is 24.8. The number of rotatable bonds is 3. The smallest absolute Gasteiger partial charge is 0.255 e. The standard InChI is InChI=1S/C20H22N2O2S/c1-14-6-5-7-15(12-14)13-21-18(23)22(25-19(21)24)17-10-8-16(9-11-17)20(2,3)4/h5-12H,13H2,1-4H3. The summed E-state index contributed by atoms with van der Waals surface area (Å²) in [5.74, 6) is 0. The number of nitrogens with zero attached hydrogens (tertiary/aromatic N) is 2. The van der Waals surface area contributed by atoms with E-state index in [1.165, 1.54) is 14.1 Å². The molecule has 0 bridgehead atoms. The van der Waals surface area contributed by atoms with E-state index < -0.39 is 0 Å². The summed E-state index contributed by atoms with van der Waals surface area (Å²) in [6.07, 6.45) is 0. The Morgan fingerprint density at radius 1 is 1.00 bits per heavy atom. The van der Waals surface area contributed by atoms with Gasteiger partial charge in [-0.3, -0.25) is 4.79 Å². The van der Waals surface area contributed by atoms with Gasteiger partial charge < -0.3 is 0 Å². The Hall–Kier alpha value is -2.40. The van der Waals surface area contributed by atoms with Crippen LogP contribution < -0.4 is 10.6 Å². The third-order valence-corrected chi connectivity index (χ3v) is 5.11. The van der Waals surface area contributed by atoms with Crippen molar-refractivity contribution in [2.45, 2.75) is 39.7 Å². The molecular weight excluding hydrogens is 332 g/mol. The second-order valence-corrected chi connectivity index (χ2v) is 8.20. The van der Waals surface area contributed by atoms with E-state index in [9.17, 15) is 9.59 Å². The molecule has 0 aliphatic rings. The predicted octanol–water partition coefficient (Wildman–Crippen LogP) is 3.71. The first-order valence-corrected chi connectivity index (χ1v) is 9.03. The van der Waals surface area contributed by atoms with E-state index in [1.54, 1.807) is 0 Å². The third-order valence-electron chi connectivity index (χ3n) is 4.19. The zero-order valence-corrected chi connectivity index (χ0v) is 15.8.